The Hall–Kier alpha value is -5.38. The summed E-state index contributed by atoms with van der Waals surface area (Å²) in [5.74, 6) is 4.11. The van der Waals surface area contributed by atoms with Crippen LogP contribution in [-0.2, 0) is 29.7 Å². The van der Waals surface area contributed by atoms with Crippen molar-refractivity contribution in [1.29, 1.82) is 0 Å². The summed E-state index contributed by atoms with van der Waals surface area (Å²) in [6.07, 6.45) is 4.75. The van der Waals surface area contributed by atoms with Gasteiger partial charge in [-0.05, 0) is 60.0 Å². The highest BCUT2D eigenvalue weighted by atomic mass is 32.2. The molecule has 52 heavy (non-hydrogen) atoms. The van der Waals surface area contributed by atoms with Crippen LogP contribution in [-0.4, -0.2) is 96.3 Å². The molecule has 1 saturated heterocycles. The third kappa shape index (κ3) is 9.29. The quantitative estimate of drug-likeness (QED) is 0.169. The van der Waals surface area contributed by atoms with E-state index in [1.54, 1.807) is 33.6 Å². The minimum Gasteiger partial charge on any atom is -0.497 e. The number of methoxy groups -OCH3 is 3. The van der Waals surface area contributed by atoms with Crippen LogP contribution in [0.3, 0.4) is 0 Å². The Labute approximate surface area is 304 Å². The van der Waals surface area contributed by atoms with Crippen molar-refractivity contribution in [1.82, 2.24) is 34.1 Å². The van der Waals surface area contributed by atoms with Crippen LogP contribution < -0.4 is 24.4 Å². The minimum atomic E-state index is -3.23. The zero-order chi connectivity index (χ0) is 36.7. The molecule has 0 spiro atoms. The van der Waals surface area contributed by atoms with E-state index in [0.29, 0.717) is 86.4 Å². The van der Waals surface area contributed by atoms with Crippen LogP contribution in [0.25, 0.3) is 11.4 Å². The lowest BCUT2D eigenvalue weighted by molar-refractivity contribution is 0.182. The van der Waals surface area contributed by atoms with Gasteiger partial charge >= 0.3 is 0 Å². The molecule has 4 heterocycles. The highest BCUT2D eigenvalue weighted by Gasteiger charge is 2.24. The topological polar surface area (TPSA) is 148 Å². The van der Waals surface area contributed by atoms with E-state index in [4.69, 9.17) is 34.1 Å². The zero-order valence-corrected chi connectivity index (χ0v) is 30.8. The number of nitrogens with one attached hydrogen (secondary N) is 1. The van der Waals surface area contributed by atoms with Crippen molar-refractivity contribution in [3.05, 3.63) is 102 Å². The van der Waals surface area contributed by atoms with Gasteiger partial charge in [-0.25, -0.2) is 23.4 Å². The molecule has 0 atom stereocenters. The molecular formula is C37H43N9O5S. The number of nitrogens with zero attached hydrogens (tertiary/aromatic N) is 8. The standard InChI is InChI=1S/C37H43N9O5S/c1-26-40-36(43-37(41-26)45(24-27-6-11-31(49-2)12-7-27)25-28-8-13-32(50-3)14-9-28)33-20-29(23-44-16-18-46(19-17-44)52(5,47)48)21-39-35(33)42-30-10-15-34(51-4)38-22-30/h6-15,20-22H,16-19,23-25H2,1-5H3,(H,39,42). The first-order chi connectivity index (χ1) is 25.1. The molecule has 1 aliphatic rings. The molecule has 2 aromatic carbocycles. The first kappa shape index (κ1) is 36.4. The summed E-state index contributed by atoms with van der Waals surface area (Å²) in [5.41, 5.74) is 4.45. The number of pyridine rings is 2. The predicted octanol–water partition coefficient (Wildman–Crippen LogP) is 4.69. The SMILES string of the molecule is COc1ccc(CN(Cc2ccc(OC)cc2)c2nc(C)nc(-c3cc(CN4CCN(S(C)(=O)=O)CC4)cnc3Nc3ccc(OC)nc3)n2)cc1. The van der Waals surface area contributed by atoms with Crippen LogP contribution in [0.5, 0.6) is 17.4 Å². The zero-order valence-electron chi connectivity index (χ0n) is 30.0. The smallest absolute Gasteiger partial charge is 0.229 e. The fourth-order valence-electron chi connectivity index (χ4n) is 5.88. The summed E-state index contributed by atoms with van der Waals surface area (Å²) in [7, 11) is 1.64. The van der Waals surface area contributed by atoms with Crippen LogP contribution in [0, 0.1) is 6.92 Å². The Morgan fingerprint density at radius 2 is 1.38 bits per heavy atom. The summed E-state index contributed by atoms with van der Waals surface area (Å²) in [5, 5.41) is 3.39. The molecule has 3 aromatic heterocycles. The molecule has 1 aliphatic heterocycles. The van der Waals surface area contributed by atoms with Gasteiger partial charge in [0.1, 0.15) is 23.1 Å². The second-order valence-corrected chi connectivity index (χ2v) is 14.4. The fourth-order valence-corrected chi connectivity index (χ4v) is 6.71. The molecular weight excluding hydrogens is 683 g/mol. The van der Waals surface area contributed by atoms with Gasteiger partial charge in [-0.15, -0.1) is 0 Å². The Morgan fingerprint density at radius 1 is 0.750 bits per heavy atom. The van der Waals surface area contributed by atoms with Gasteiger partial charge in [0.2, 0.25) is 21.9 Å². The molecule has 0 radical (unpaired) electrons. The van der Waals surface area contributed by atoms with Crippen molar-refractivity contribution in [2.45, 2.75) is 26.6 Å². The third-order valence-corrected chi connectivity index (χ3v) is 9.99. The number of aromatic nitrogens is 5. The van der Waals surface area contributed by atoms with E-state index in [1.807, 2.05) is 73.8 Å². The number of sulfonamides is 1. The molecule has 0 saturated carbocycles. The number of hydrogen-bond acceptors (Lipinski definition) is 13. The molecule has 1 fully saturated rings. The normalized spacial score (nSPS) is 13.8. The van der Waals surface area contributed by atoms with Crippen molar-refractivity contribution in [3.8, 4) is 28.8 Å². The summed E-state index contributed by atoms with van der Waals surface area (Å²) >= 11 is 0. The average molecular weight is 726 g/mol. The summed E-state index contributed by atoms with van der Waals surface area (Å²) in [6.45, 7) is 5.60. The first-order valence-corrected chi connectivity index (χ1v) is 18.6. The lowest BCUT2D eigenvalue weighted by Crippen LogP contribution is -2.47. The predicted molar refractivity (Wildman–Crippen MR) is 199 cm³/mol. The number of hydrogen-bond donors (Lipinski definition) is 1. The third-order valence-electron chi connectivity index (χ3n) is 8.68. The van der Waals surface area contributed by atoms with Crippen molar-refractivity contribution in [3.63, 3.8) is 0 Å². The van der Waals surface area contributed by atoms with Gasteiger partial charge in [-0.3, -0.25) is 4.90 Å². The van der Waals surface area contributed by atoms with Crippen molar-refractivity contribution in [2.75, 3.05) is 64.0 Å². The van der Waals surface area contributed by atoms with E-state index >= 15 is 0 Å². The second-order valence-electron chi connectivity index (χ2n) is 12.5. The lowest BCUT2D eigenvalue weighted by atomic mass is 10.1. The van der Waals surface area contributed by atoms with Gasteiger partial charge in [0.05, 0.1) is 45.0 Å². The monoisotopic (exact) mass is 725 g/mol. The summed E-state index contributed by atoms with van der Waals surface area (Å²) in [6, 6.07) is 21.5. The first-order valence-electron chi connectivity index (χ1n) is 16.8. The molecule has 272 valence electrons. The molecule has 0 unspecified atom stereocenters. The number of ether oxygens (including phenoxy) is 3. The van der Waals surface area contributed by atoms with Crippen molar-refractivity contribution >= 4 is 27.5 Å². The van der Waals surface area contributed by atoms with Crippen molar-refractivity contribution < 1.29 is 22.6 Å². The molecule has 5 aromatic rings. The van der Waals surface area contributed by atoms with E-state index in [2.05, 4.69) is 20.1 Å². The number of anilines is 3. The lowest BCUT2D eigenvalue weighted by Gasteiger charge is -2.33. The average Bonchev–Trinajstić information content (AvgIpc) is 3.15. The Morgan fingerprint density at radius 3 is 1.92 bits per heavy atom. The Bertz CT molecular complexity index is 2010. The van der Waals surface area contributed by atoms with Gasteiger partial charge in [0.25, 0.3) is 0 Å². The fraction of sp³-hybridized carbons (Fsp3) is 0.324. The minimum absolute atomic E-state index is 0.442. The number of aryl methyl sites for hydroxylation is 1. The van der Waals surface area contributed by atoms with Gasteiger partial charge in [0, 0.05) is 58.1 Å². The summed E-state index contributed by atoms with van der Waals surface area (Å²) in [4.78, 5) is 28.2. The van der Waals surface area contributed by atoms with Gasteiger partial charge in [0.15, 0.2) is 5.82 Å². The summed E-state index contributed by atoms with van der Waals surface area (Å²) < 4.78 is 41.7. The molecule has 0 amide bonds. The second kappa shape index (κ2) is 16.3. The molecule has 14 nitrogen and oxygen atoms in total. The van der Waals surface area contributed by atoms with E-state index < -0.39 is 10.0 Å². The van der Waals surface area contributed by atoms with E-state index in [9.17, 15) is 8.42 Å². The highest BCUT2D eigenvalue weighted by molar-refractivity contribution is 7.88. The number of rotatable bonds is 14. The molecule has 0 aliphatic carbocycles. The van der Waals surface area contributed by atoms with E-state index in [-0.39, 0.29) is 0 Å². The van der Waals surface area contributed by atoms with Crippen molar-refractivity contribution in [2.24, 2.45) is 0 Å². The molecule has 15 heteroatoms. The van der Waals surface area contributed by atoms with Crippen LogP contribution >= 0.6 is 0 Å². The Balaban J connectivity index is 1.36. The molecule has 0 bridgehead atoms. The van der Waals surface area contributed by atoms with Crippen LogP contribution in [0.2, 0.25) is 0 Å². The van der Waals surface area contributed by atoms with Gasteiger partial charge in [-0.1, -0.05) is 24.3 Å². The number of piperazine rings is 1. The van der Waals surface area contributed by atoms with E-state index in [1.165, 1.54) is 10.6 Å². The largest absolute Gasteiger partial charge is 0.497 e. The van der Waals surface area contributed by atoms with Crippen LogP contribution in [0.4, 0.5) is 17.5 Å². The van der Waals surface area contributed by atoms with E-state index in [0.717, 1.165) is 28.2 Å². The Kier molecular flexibility index (Phi) is 11.4. The molecule has 1 N–H and O–H groups in total. The van der Waals surface area contributed by atoms with Crippen LogP contribution in [0.15, 0.2) is 79.1 Å². The maximum atomic E-state index is 12.1. The highest BCUT2D eigenvalue weighted by Crippen LogP contribution is 2.30. The maximum absolute atomic E-state index is 12.1. The van der Waals surface area contributed by atoms with Crippen LogP contribution in [0.1, 0.15) is 22.5 Å². The van der Waals surface area contributed by atoms with Gasteiger partial charge in [-0.2, -0.15) is 14.3 Å². The maximum Gasteiger partial charge on any atom is 0.229 e. The van der Waals surface area contributed by atoms with Gasteiger partial charge < -0.3 is 24.4 Å². The number of benzene rings is 2. The molecule has 6 rings (SSSR count).